The first-order valence-electron chi connectivity index (χ1n) is 10.2. The van der Waals surface area contributed by atoms with Crippen LogP contribution < -0.4 is 15.4 Å². The van der Waals surface area contributed by atoms with Crippen molar-refractivity contribution in [1.29, 1.82) is 0 Å². The number of nitrogens with zero attached hydrogens (tertiary/aromatic N) is 1. The van der Waals surface area contributed by atoms with Crippen molar-refractivity contribution in [3.63, 3.8) is 0 Å². The fourth-order valence-corrected chi connectivity index (χ4v) is 2.85. The van der Waals surface area contributed by atoms with Crippen LogP contribution in [0.15, 0.2) is 67.0 Å². The molecule has 0 fully saturated rings. The van der Waals surface area contributed by atoms with Gasteiger partial charge in [0.05, 0.1) is 12.7 Å². The third-order valence-electron chi connectivity index (χ3n) is 4.31. The lowest BCUT2D eigenvalue weighted by atomic mass is 10.0. The summed E-state index contributed by atoms with van der Waals surface area (Å²) in [5, 5.41) is 6.19. The summed E-state index contributed by atoms with van der Waals surface area (Å²) >= 11 is 0. The van der Waals surface area contributed by atoms with Crippen molar-refractivity contribution < 1.29 is 9.53 Å². The van der Waals surface area contributed by atoms with E-state index in [1.807, 2.05) is 93.7 Å². The molecular weight excluding hydrogens is 386 g/mol. The van der Waals surface area contributed by atoms with Crippen LogP contribution in [0.1, 0.15) is 40.9 Å². The Bertz CT molecular complexity index is 1030. The second-order valence-corrected chi connectivity index (χ2v) is 6.23. The fourth-order valence-electron chi connectivity index (χ4n) is 2.85. The summed E-state index contributed by atoms with van der Waals surface area (Å²) in [7, 11) is 3.45. The topological polar surface area (TPSA) is 63.2 Å². The summed E-state index contributed by atoms with van der Waals surface area (Å²) in [5.41, 5.74) is 3.97. The first-order valence-corrected chi connectivity index (χ1v) is 10.2. The molecule has 2 aromatic carbocycles. The Kier molecular flexibility index (Phi) is 9.56. The van der Waals surface area contributed by atoms with Crippen LogP contribution >= 0.6 is 0 Å². The standard InChI is InChI=1S/C24H23N3O2.C2H6/c1-25-14-13-22-19(12-11-18-7-6-10-21(15-18)29-2)16-26-24(23(22)17-28)27-20-8-4-3-5-9-20;1-2/h3-17,25H,1-2H3,(H,26,27);1-2H3/b12-11+,14-13-;. The molecule has 0 atom stereocenters. The highest BCUT2D eigenvalue weighted by Gasteiger charge is 2.12. The van der Waals surface area contributed by atoms with Crippen molar-refractivity contribution in [3.8, 4) is 5.75 Å². The number of anilines is 2. The molecule has 3 aromatic rings. The number of para-hydroxylation sites is 1. The zero-order valence-electron chi connectivity index (χ0n) is 18.4. The molecule has 1 heterocycles. The molecule has 0 aliphatic heterocycles. The number of hydrogen-bond acceptors (Lipinski definition) is 5. The molecule has 1 aromatic heterocycles. The van der Waals surface area contributed by atoms with E-state index < -0.39 is 0 Å². The van der Waals surface area contributed by atoms with Crippen LogP contribution in [0.4, 0.5) is 11.5 Å². The number of nitrogens with one attached hydrogen (secondary N) is 2. The molecule has 0 bridgehead atoms. The largest absolute Gasteiger partial charge is 0.497 e. The summed E-state index contributed by atoms with van der Waals surface area (Å²) in [6, 6.07) is 17.4. The minimum atomic E-state index is 0.494. The molecule has 2 N–H and O–H groups in total. The highest BCUT2D eigenvalue weighted by Crippen LogP contribution is 2.26. The maximum atomic E-state index is 11.9. The van der Waals surface area contributed by atoms with Crippen LogP contribution in [0.5, 0.6) is 5.75 Å². The molecule has 160 valence electrons. The van der Waals surface area contributed by atoms with E-state index in [1.54, 1.807) is 19.5 Å². The van der Waals surface area contributed by atoms with Crippen molar-refractivity contribution in [2.24, 2.45) is 0 Å². The minimum Gasteiger partial charge on any atom is -0.497 e. The molecule has 5 nitrogen and oxygen atoms in total. The van der Waals surface area contributed by atoms with Gasteiger partial charge in [0.1, 0.15) is 11.6 Å². The summed E-state index contributed by atoms with van der Waals surface area (Å²) in [4.78, 5) is 16.4. The fraction of sp³-hybridized carbons (Fsp3) is 0.154. The Morgan fingerprint density at radius 2 is 1.71 bits per heavy atom. The number of benzene rings is 2. The summed E-state index contributed by atoms with van der Waals surface area (Å²) in [6.45, 7) is 4.00. The quantitative estimate of drug-likeness (QED) is 0.440. The summed E-state index contributed by atoms with van der Waals surface area (Å²) < 4.78 is 5.27. The van der Waals surface area contributed by atoms with Gasteiger partial charge >= 0.3 is 0 Å². The third-order valence-corrected chi connectivity index (χ3v) is 4.31. The number of methoxy groups -OCH3 is 1. The molecule has 0 saturated heterocycles. The molecule has 0 unspecified atom stereocenters. The molecule has 0 spiro atoms. The number of carbonyl (C=O) groups is 1. The smallest absolute Gasteiger partial charge is 0.154 e. The van der Waals surface area contributed by atoms with Gasteiger partial charge in [-0.25, -0.2) is 4.98 Å². The highest BCUT2D eigenvalue weighted by molar-refractivity contribution is 5.93. The Balaban J connectivity index is 0.00000166. The Morgan fingerprint density at radius 1 is 0.935 bits per heavy atom. The molecule has 0 amide bonds. The van der Waals surface area contributed by atoms with Crippen molar-refractivity contribution in [2.75, 3.05) is 19.5 Å². The maximum absolute atomic E-state index is 11.9. The number of aldehydes is 1. The Labute approximate surface area is 184 Å². The van der Waals surface area contributed by atoms with Crippen molar-refractivity contribution in [1.82, 2.24) is 10.3 Å². The van der Waals surface area contributed by atoms with Crippen molar-refractivity contribution >= 4 is 36.0 Å². The van der Waals surface area contributed by atoms with E-state index in [-0.39, 0.29) is 0 Å². The lowest BCUT2D eigenvalue weighted by Gasteiger charge is -2.12. The van der Waals surface area contributed by atoms with Gasteiger partial charge in [0, 0.05) is 24.5 Å². The molecule has 31 heavy (non-hydrogen) atoms. The number of ether oxygens (including phenoxy) is 1. The van der Waals surface area contributed by atoms with Crippen LogP contribution in [-0.4, -0.2) is 25.4 Å². The normalized spacial score (nSPS) is 10.5. The minimum absolute atomic E-state index is 0.494. The summed E-state index contributed by atoms with van der Waals surface area (Å²) in [5.74, 6) is 1.30. The van der Waals surface area contributed by atoms with Crippen LogP contribution in [0.25, 0.3) is 18.2 Å². The van der Waals surface area contributed by atoms with E-state index >= 15 is 0 Å². The van der Waals surface area contributed by atoms with Crippen LogP contribution in [-0.2, 0) is 0 Å². The van der Waals surface area contributed by atoms with Gasteiger partial charge in [-0.05, 0) is 47.7 Å². The average molecular weight is 416 g/mol. The van der Waals surface area contributed by atoms with Gasteiger partial charge in [0.15, 0.2) is 6.29 Å². The molecule has 0 aliphatic rings. The number of pyridine rings is 1. The lowest BCUT2D eigenvalue weighted by Crippen LogP contribution is -2.03. The van der Waals surface area contributed by atoms with Crippen molar-refractivity contribution in [2.45, 2.75) is 13.8 Å². The molecule has 5 heteroatoms. The maximum Gasteiger partial charge on any atom is 0.154 e. The van der Waals surface area contributed by atoms with Crippen LogP contribution in [0.3, 0.4) is 0 Å². The van der Waals surface area contributed by atoms with Gasteiger partial charge in [-0.2, -0.15) is 0 Å². The molecule has 3 rings (SSSR count). The lowest BCUT2D eigenvalue weighted by molar-refractivity contribution is 0.112. The highest BCUT2D eigenvalue weighted by atomic mass is 16.5. The van der Waals surface area contributed by atoms with Gasteiger partial charge in [-0.15, -0.1) is 0 Å². The van der Waals surface area contributed by atoms with E-state index in [9.17, 15) is 4.79 Å². The van der Waals surface area contributed by atoms with E-state index in [2.05, 4.69) is 15.6 Å². The third kappa shape index (κ3) is 6.57. The zero-order valence-corrected chi connectivity index (χ0v) is 18.4. The van der Waals surface area contributed by atoms with Gasteiger partial charge in [-0.3, -0.25) is 4.79 Å². The molecule has 0 radical (unpaired) electrons. The first-order chi connectivity index (χ1) is 15.2. The number of rotatable bonds is 8. The SMILES string of the molecule is CC.CN/C=C\c1c(/C=C/c2cccc(OC)c2)cnc(Nc2ccccc2)c1C=O. The predicted molar refractivity (Wildman–Crippen MR) is 131 cm³/mol. The van der Waals surface area contributed by atoms with Gasteiger partial charge in [0.2, 0.25) is 0 Å². The number of aromatic nitrogens is 1. The average Bonchev–Trinajstić information content (AvgIpc) is 2.84. The second-order valence-electron chi connectivity index (χ2n) is 6.23. The van der Waals surface area contributed by atoms with Crippen LogP contribution in [0, 0.1) is 0 Å². The number of hydrogen-bond donors (Lipinski definition) is 2. The molecular formula is C26H29N3O2. The van der Waals surface area contributed by atoms with E-state index in [0.717, 1.165) is 34.4 Å². The van der Waals surface area contributed by atoms with Gasteiger partial charge in [0.25, 0.3) is 0 Å². The predicted octanol–water partition coefficient (Wildman–Crippen LogP) is 6.03. The number of carbonyl (C=O) groups excluding carboxylic acids is 1. The molecule has 0 saturated carbocycles. The monoisotopic (exact) mass is 415 g/mol. The second kappa shape index (κ2) is 12.6. The Morgan fingerprint density at radius 3 is 2.39 bits per heavy atom. The van der Waals surface area contributed by atoms with E-state index in [1.165, 1.54) is 0 Å². The summed E-state index contributed by atoms with van der Waals surface area (Å²) in [6.07, 6.45) is 10.1. The van der Waals surface area contributed by atoms with Crippen molar-refractivity contribution in [3.05, 3.63) is 89.2 Å². The van der Waals surface area contributed by atoms with E-state index in [0.29, 0.717) is 11.4 Å². The van der Waals surface area contributed by atoms with E-state index in [4.69, 9.17) is 4.74 Å². The van der Waals surface area contributed by atoms with Gasteiger partial charge in [-0.1, -0.05) is 56.3 Å². The van der Waals surface area contributed by atoms with Crippen LogP contribution in [0.2, 0.25) is 0 Å². The Hall–Kier alpha value is -3.86. The zero-order chi connectivity index (χ0) is 22.5. The first kappa shape index (κ1) is 23.4. The molecule has 0 aliphatic carbocycles. The van der Waals surface area contributed by atoms with Gasteiger partial charge < -0.3 is 15.4 Å².